The molecule has 0 spiro atoms. The van der Waals surface area contributed by atoms with E-state index in [9.17, 15) is 20.0 Å². The first kappa shape index (κ1) is 23.9. The summed E-state index contributed by atoms with van der Waals surface area (Å²) in [5.41, 5.74) is 2.43. The number of Topliss-reactive ketones (excluding diaryl/α,β-unsaturated/α-hetero) is 1. The molecule has 3 aliphatic rings. The molecule has 1 aliphatic carbocycles. The third-order valence-corrected chi connectivity index (χ3v) is 6.71. The maximum atomic E-state index is 13.5. The van der Waals surface area contributed by atoms with Crippen molar-refractivity contribution in [1.82, 2.24) is 5.32 Å². The van der Waals surface area contributed by atoms with Crippen LogP contribution in [0.4, 0.5) is 5.69 Å². The van der Waals surface area contributed by atoms with Gasteiger partial charge in [0.05, 0.1) is 17.2 Å². The number of hydrogen-bond donors (Lipinski definition) is 2. The van der Waals surface area contributed by atoms with Crippen molar-refractivity contribution in [3.63, 3.8) is 0 Å². The second kappa shape index (κ2) is 9.00. The number of fused-ring (bicyclic) bond motifs is 1. The Kier molecular flexibility index (Phi) is 5.97. The second-order valence-electron chi connectivity index (χ2n) is 10.0. The van der Waals surface area contributed by atoms with Crippen LogP contribution in [0.2, 0.25) is 0 Å². The van der Waals surface area contributed by atoms with Crippen LogP contribution < -0.4 is 20.0 Å². The van der Waals surface area contributed by atoms with E-state index in [0.717, 1.165) is 5.56 Å². The largest absolute Gasteiger partial charge is 0.733 e. The summed E-state index contributed by atoms with van der Waals surface area (Å²) in [7, 11) is 0. The number of anilines is 1. The van der Waals surface area contributed by atoms with Gasteiger partial charge in [-0.05, 0) is 36.0 Å². The van der Waals surface area contributed by atoms with Gasteiger partial charge in [0.1, 0.15) is 6.61 Å². The Labute approximate surface area is 208 Å². The number of hydrogen-bond acceptors (Lipinski definition) is 9. The van der Waals surface area contributed by atoms with Crippen molar-refractivity contribution in [3.8, 4) is 11.5 Å². The molecule has 2 N–H and O–H groups in total. The SMILES string of the molecule is CC1=C(C(=O)OCc2ccccc2)C(c2cc3c(cc2N([O-])O)OCO3)C2=C(CC(C)(C)CC2=O)N1. The number of nitrogens with zero attached hydrogens (tertiary/aromatic N) is 1. The molecule has 9 heteroatoms. The molecule has 0 bridgehead atoms. The number of benzene rings is 2. The summed E-state index contributed by atoms with van der Waals surface area (Å²) < 4.78 is 16.5. The van der Waals surface area contributed by atoms with Crippen LogP contribution in [0, 0.1) is 10.6 Å². The average molecular weight is 492 g/mol. The number of rotatable bonds is 5. The van der Waals surface area contributed by atoms with Crippen molar-refractivity contribution in [3.05, 3.63) is 81.3 Å². The van der Waals surface area contributed by atoms with Crippen molar-refractivity contribution in [2.45, 2.75) is 46.1 Å². The summed E-state index contributed by atoms with van der Waals surface area (Å²) in [4.78, 5) is 27.0. The molecule has 0 saturated carbocycles. The van der Waals surface area contributed by atoms with Gasteiger partial charge in [-0.25, -0.2) is 4.79 Å². The van der Waals surface area contributed by atoms with E-state index in [0.29, 0.717) is 29.1 Å². The van der Waals surface area contributed by atoms with Crippen LogP contribution in [-0.2, 0) is 20.9 Å². The Bertz CT molecular complexity index is 1290. The van der Waals surface area contributed by atoms with Crippen LogP contribution in [0.1, 0.15) is 50.7 Å². The minimum absolute atomic E-state index is 0.0394. The van der Waals surface area contributed by atoms with E-state index < -0.39 is 11.9 Å². The maximum absolute atomic E-state index is 13.5. The Hall–Kier alpha value is -3.82. The predicted octanol–water partition coefficient (Wildman–Crippen LogP) is 4.46. The monoisotopic (exact) mass is 491 g/mol. The smallest absolute Gasteiger partial charge is 0.337 e. The topological polar surface area (TPSA) is 120 Å². The average Bonchev–Trinajstić information content (AvgIpc) is 3.28. The number of allylic oxidation sites excluding steroid dienone is 3. The molecule has 0 fully saturated rings. The number of dihydropyridines is 1. The Morgan fingerprint density at radius 1 is 1.19 bits per heavy atom. The number of ether oxygens (including phenoxy) is 3. The maximum Gasteiger partial charge on any atom is 0.337 e. The van der Waals surface area contributed by atoms with Crippen LogP contribution in [0.3, 0.4) is 0 Å². The predicted molar refractivity (Wildman–Crippen MR) is 130 cm³/mol. The van der Waals surface area contributed by atoms with Crippen molar-refractivity contribution < 1.29 is 29.0 Å². The highest BCUT2D eigenvalue weighted by Crippen LogP contribution is 2.51. The lowest BCUT2D eigenvalue weighted by molar-refractivity contribution is -0.140. The molecule has 2 aromatic carbocycles. The molecule has 5 rings (SSSR count). The standard InChI is InChI=1S/C27H27N2O7/c1-15-23(26(31)34-13-16-7-5-4-6-8-16)24(25-18(28-15)11-27(2,3)12-20(25)30)17-9-21-22(36-14-35-21)10-19(17)29(32)33/h4-10,24,28,32H,11-14H2,1-3H3/q-1. The molecule has 0 radical (unpaired) electrons. The van der Waals surface area contributed by atoms with Crippen molar-refractivity contribution in [2.24, 2.45) is 5.41 Å². The fraction of sp³-hybridized carbons (Fsp3) is 0.333. The molecule has 2 heterocycles. The number of nitrogens with one attached hydrogen (secondary N) is 1. The molecule has 1 atom stereocenters. The van der Waals surface area contributed by atoms with E-state index in [1.807, 2.05) is 44.2 Å². The van der Waals surface area contributed by atoms with Crippen LogP contribution >= 0.6 is 0 Å². The molecule has 9 nitrogen and oxygen atoms in total. The Morgan fingerprint density at radius 2 is 1.89 bits per heavy atom. The van der Waals surface area contributed by atoms with Gasteiger partial charge in [0.15, 0.2) is 17.3 Å². The van der Waals surface area contributed by atoms with E-state index in [4.69, 9.17) is 14.2 Å². The minimum Gasteiger partial charge on any atom is -0.733 e. The molecule has 188 valence electrons. The zero-order valence-electron chi connectivity index (χ0n) is 20.3. The van der Waals surface area contributed by atoms with Crippen molar-refractivity contribution in [1.29, 1.82) is 0 Å². The number of carbonyl (C=O) groups is 2. The summed E-state index contributed by atoms with van der Waals surface area (Å²) in [6.45, 7) is 5.75. The summed E-state index contributed by atoms with van der Waals surface area (Å²) >= 11 is 0. The Balaban J connectivity index is 1.63. The lowest BCUT2D eigenvalue weighted by atomic mass is 9.68. The lowest BCUT2D eigenvalue weighted by Gasteiger charge is -2.40. The summed E-state index contributed by atoms with van der Waals surface area (Å²) in [6.07, 6.45) is 0.851. The first-order valence-corrected chi connectivity index (χ1v) is 11.7. The van der Waals surface area contributed by atoms with E-state index in [1.54, 1.807) is 13.0 Å². The Morgan fingerprint density at radius 3 is 2.58 bits per heavy atom. The van der Waals surface area contributed by atoms with Crippen LogP contribution in [0.5, 0.6) is 11.5 Å². The van der Waals surface area contributed by atoms with Crippen molar-refractivity contribution >= 4 is 17.4 Å². The van der Waals surface area contributed by atoms with Gasteiger partial charge in [-0.2, -0.15) is 0 Å². The van der Waals surface area contributed by atoms with Gasteiger partial charge in [-0.15, -0.1) is 0 Å². The molecular formula is C27H27N2O7-. The third kappa shape index (κ3) is 4.31. The zero-order valence-corrected chi connectivity index (χ0v) is 20.3. The van der Waals surface area contributed by atoms with Gasteiger partial charge in [0.25, 0.3) is 0 Å². The quantitative estimate of drug-likeness (QED) is 0.461. The highest BCUT2D eigenvalue weighted by Gasteiger charge is 2.44. The summed E-state index contributed by atoms with van der Waals surface area (Å²) in [5, 5.41) is 25.2. The fourth-order valence-electron chi connectivity index (χ4n) is 5.16. The first-order chi connectivity index (χ1) is 17.1. The van der Waals surface area contributed by atoms with Gasteiger partial charge >= 0.3 is 5.97 Å². The molecule has 2 aliphatic heterocycles. The van der Waals surface area contributed by atoms with Gasteiger partial charge < -0.3 is 30.0 Å². The molecule has 0 amide bonds. The molecular weight excluding hydrogens is 464 g/mol. The van der Waals surface area contributed by atoms with Gasteiger partial charge in [0.2, 0.25) is 6.79 Å². The fourth-order valence-corrected chi connectivity index (χ4v) is 5.16. The van der Waals surface area contributed by atoms with Crippen LogP contribution in [0.25, 0.3) is 0 Å². The molecule has 0 saturated heterocycles. The number of esters is 1. The van der Waals surface area contributed by atoms with Crippen LogP contribution in [-0.4, -0.2) is 23.8 Å². The van der Waals surface area contributed by atoms with E-state index in [-0.39, 0.29) is 58.8 Å². The molecule has 0 aromatic heterocycles. The van der Waals surface area contributed by atoms with Gasteiger partial charge in [-0.3, -0.25) is 10.0 Å². The van der Waals surface area contributed by atoms with Crippen molar-refractivity contribution in [2.75, 3.05) is 12.0 Å². The van der Waals surface area contributed by atoms with E-state index >= 15 is 0 Å². The second-order valence-corrected chi connectivity index (χ2v) is 10.0. The first-order valence-electron chi connectivity index (χ1n) is 11.7. The number of carbonyl (C=O) groups excluding carboxylic acids is 2. The normalized spacial score (nSPS) is 20.1. The molecule has 1 unspecified atom stereocenters. The third-order valence-electron chi connectivity index (χ3n) is 6.71. The minimum atomic E-state index is -0.943. The van der Waals surface area contributed by atoms with Gasteiger partial charge in [-0.1, -0.05) is 44.2 Å². The highest BCUT2D eigenvalue weighted by molar-refractivity contribution is 6.04. The summed E-state index contributed by atoms with van der Waals surface area (Å²) in [5.74, 6) is -1.07. The lowest BCUT2D eigenvalue weighted by Crippen LogP contribution is -2.39. The molecule has 2 aromatic rings. The summed E-state index contributed by atoms with van der Waals surface area (Å²) in [6, 6.07) is 12.2. The highest BCUT2D eigenvalue weighted by atomic mass is 16.8. The number of ketones is 1. The molecule has 36 heavy (non-hydrogen) atoms. The van der Waals surface area contributed by atoms with E-state index in [2.05, 4.69) is 5.32 Å². The van der Waals surface area contributed by atoms with Gasteiger partial charge in [0, 0.05) is 29.5 Å². The van der Waals surface area contributed by atoms with Crippen LogP contribution in [0.15, 0.2) is 65.0 Å². The van der Waals surface area contributed by atoms with E-state index in [1.165, 1.54) is 6.07 Å². The zero-order chi connectivity index (χ0) is 25.6.